The van der Waals surface area contributed by atoms with E-state index in [0.717, 1.165) is 0 Å². The number of nitrogens with zero attached hydrogens (tertiary/aromatic N) is 2. The van der Waals surface area contributed by atoms with Crippen molar-refractivity contribution in [1.82, 2.24) is 9.80 Å². The van der Waals surface area contributed by atoms with E-state index in [1.54, 1.807) is 18.7 Å². The van der Waals surface area contributed by atoms with Crippen LogP contribution in [0.1, 0.15) is 27.7 Å². The molecule has 0 heterocycles. The van der Waals surface area contributed by atoms with E-state index in [0.29, 0.717) is 6.04 Å². The summed E-state index contributed by atoms with van der Waals surface area (Å²) in [5, 5.41) is 9.02. The van der Waals surface area contributed by atoms with Crippen molar-refractivity contribution in [2.24, 2.45) is 0 Å². The Morgan fingerprint density at radius 3 is 1.15 bits per heavy atom. The zero-order chi connectivity index (χ0) is 11.2. The zero-order valence-electron chi connectivity index (χ0n) is 10.4. The molecule has 0 radical (unpaired) electrons. The number of rotatable bonds is 2. The van der Waals surface area contributed by atoms with Crippen molar-refractivity contribution < 1.29 is 5.11 Å². The number of hydrogen-bond acceptors (Lipinski definition) is 3. The monoisotopic (exact) mass is 190 g/mol. The molecular weight excluding hydrogens is 164 g/mol. The highest BCUT2D eigenvalue weighted by Gasteiger charge is 2.13. The Kier molecular flexibility index (Phi) is 7.50. The van der Waals surface area contributed by atoms with E-state index in [4.69, 9.17) is 5.11 Å². The molecule has 0 aliphatic carbocycles. The molecule has 0 spiro atoms. The van der Waals surface area contributed by atoms with Crippen LogP contribution in [0.3, 0.4) is 0 Å². The highest BCUT2D eigenvalue weighted by Crippen LogP contribution is 2.01. The Labute approximate surface area is 83.3 Å². The Balaban J connectivity index is 0. The molecule has 13 heavy (non-hydrogen) atoms. The molecule has 1 N–H and O–H groups in total. The first-order valence-corrected chi connectivity index (χ1v) is 4.65. The number of hydrogen-bond donors (Lipinski definition) is 1. The average Bonchev–Trinajstić information content (AvgIpc) is 1.86. The molecule has 0 fully saturated rings. The van der Waals surface area contributed by atoms with Crippen molar-refractivity contribution in [1.29, 1.82) is 0 Å². The molecule has 82 valence electrons. The van der Waals surface area contributed by atoms with Gasteiger partial charge >= 0.3 is 0 Å². The Bertz CT molecular complexity index is 109. The highest BCUT2D eigenvalue weighted by molar-refractivity contribution is 4.58. The molecule has 0 aliphatic heterocycles. The third-order valence-electron chi connectivity index (χ3n) is 2.13. The van der Waals surface area contributed by atoms with E-state index in [-0.39, 0.29) is 0 Å². The van der Waals surface area contributed by atoms with Crippen LogP contribution in [-0.2, 0) is 0 Å². The first-order valence-electron chi connectivity index (χ1n) is 4.65. The molecular formula is C10H26N2O. The van der Waals surface area contributed by atoms with Crippen LogP contribution in [0, 0.1) is 0 Å². The van der Waals surface area contributed by atoms with Crippen LogP contribution >= 0.6 is 0 Å². The van der Waals surface area contributed by atoms with E-state index in [2.05, 4.69) is 32.8 Å². The molecule has 0 unspecified atom stereocenters. The van der Waals surface area contributed by atoms with Gasteiger partial charge in [0.2, 0.25) is 0 Å². The molecule has 3 nitrogen and oxygen atoms in total. The summed E-state index contributed by atoms with van der Waals surface area (Å²) in [4.78, 5) is 3.91. The zero-order valence-corrected chi connectivity index (χ0v) is 10.4. The number of aliphatic hydroxyl groups is 1. The van der Waals surface area contributed by atoms with Crippen molar-refractivity contribution >= 4 is 0 Å². The minimum atomic E-state index is -0.667. The maximum atomic E-state index is 9.02. The quantitative estimate of drug-likeness (QED) is 0.664. The SMILES string of the molecule is CC(C)N(C)C.CN(C)C(C)(C)O. The summed E-state index contributed by atoms with van der Waals surface area (Å²) in [7, 11) is 7.81. The third-order valence-corrected chi connectivity index (χ3v) is 2.13. The summed E-state index contributed by atoms with van der Waals surface area (Å²) >= 11 is 0. The largest absolute Gasteiger partial charge is 0.376 e. The summed E-state index contributed by atoms with van der Waals surface area (Å²) in [5.74, 6) is 0. The fourth-order valence-corrected chi connectivity index (χ4v) is 0. The summed E-state index contributed by atoms with van der Waals surface area (Å²) in [6, 6.07) is 0.685. The topological polar surface area (TPSA) is 26.7 Å². The Morgan fingerprint density at radius 2 is 1.15 bits per heavy atom. The lowest BCUT2D eigenvalue weighted by Crippen LogP contribution is -2.37. The van der Waals surface area contributed by atoms with E-state index in [1.807, 2.05) is 14.1 Å². The van der Waals surface area contributed by atoms with Gasteiger partial charge in [0.1, 0.15) is 5.72 Å². The summed E-state index contributed by atoms with van der Waals surface area (Å²) in [6.07, 6.45) is 0. The predicted octanol–water partition coefficient (Wildman–Crippen LogP) is 1.23. The van der Waals surface area contributed by atoms with Crippen LogP contribution < -0.4 is 0 Å². The first kappa shape index (κ1) is 15.4. The van der Waals surface area contributed by atoms with Crippen molar-refractivity contribution in [3.8, 4) is 0 Å². The van der Waals surface area contributed by atoms with Gasteiger partial charge in [0.05, 0.1) is 0 Å². The molecule has 0 aromatic rings. The van der Waals surface area contributed by atoms with Gasteiger partial charge in [-0.05, 0) is 55.9 Å². The predicted molar refractivity (Wildman–Crippen MR) is 58.8 cm³/mol. The van der Waals surface area contributed by atoms with E-state index < -0.39 is 5.72 Å². The van der Waals surface area contributed by atoms with Crippen LogP contribution in [0.15, 0.2) is 0 Å². The van der Waals surface area contributed by atoms with Gasteiger partial charge in [0, 0.05) is 6.04 Å². The van der Waals surface area contributed by atoms with Gasteiger partial charge in [-0.15, -0.1) is 0 Å². The van der Waals surface area contributed by atoms with Crippen molar-refractivity contribution in [2.75, 3.05) is 28.2 Å². The lowest BCUT2D eigenvalue weighted by molar-refractivity contribution is -0.0480. The fourth-order valence-electron chi connectivity index (χ4n) is 0. The van der Waals surface area contributed by atoms with Crippen molar-refractivity contribution in [3.63, 3.8) is 0 Å². The second kappa shape index (κ2) is 6.35. The Hall–Kier alpha value is -0.120. The molecule has 0 rings (SSSR count). The smallest absolute Gasteiger partial charge is 0.112 e. The lowest BCUT2D eigenvalue weighted by Gasteiger charge is -2.25. The highest BCUT2D eigenvalue weighted by atomic mass is 16.3. The summed E-state index contributed by atoms with van der Waals surface area (Å²) in [5.41, 5.74) is -0.667. The summed E-state index contributed by atoms with van der Waals surface area (Å²) in [6.45, 7) is 7.82. The molecule has 0 aromatic heterocycles. The second-order valence-corrected chi connectivity index (χ2v) is 4.45. The molecule has 0 amide bonds. The molecule has 0 atom stereocenters. The average molecular weight is 190 g/mol. The molecule has 0 aliphatic rings. The minimum Gasteiger partial charge on any atom is -0.376 e. The molecule has 0 bridgehead atoms. The minimum absolute atomic E-state index is 0.667. The van der Waals surface area contributed by atoms with Gasteiger partial charge < -0.3 is 10.0 Å². The second-order valence-electron chi connectivity index (χ2n) is 4.45. The molecule has 0 saturated heterocycles. The van der Waals surface area contributed by atoms with Crippen molar-refractivity contribution in [2.45, 2.75) is 39.5 Å². The summed E-state index contributed by atoms with van der Waals surface area (Å²) < 4.78 is 0. The Morgan fingerprint density at radius 1 is 1.00 bits per heavy atom. The molecule has 3 heteroatoms. The van der Waals surface area contributed by atoms with Gasteiger partial charge in [-0.2, -0.15) is 0 Å². The van der Waals surface area contributed by atoms with Gasteiger partial charge in [-0.3, -0.25) is 4.90 Å². The van der Waals surface area contributed by atoms with Crippen LogP contribution in [-0.4, -0.2) is 54.9 Å². The maximum absolute atomic E-state index is 9.02. The third kappa shape index (κ3) is 11.9. The molecule has 0 saturated carbocycles. The van der Waals surface area contributed by atoms with Crippen LogP contribution in [0.4, 0.5) is 0 Å². The van der Waals surface area contributed by atoms with Crippen LogP contribution in [0.25, 0.3) is 0 Å². The standard InChI is InChI=1S/C5H13NO.C5H13N/c1-5(2,7)6(3)4;1-5(2)6(3)4/h7H,1-4H3;5H,1-4H3. The normalized spacial score (nSPS) is 12.0. The van der Waals surface area contributed by atoms with E-state index in [1.165, 1.54) is 0 Å². The van der Waals surface area contributed by atoms with E-state index in [9.17, 15) is 0 Å². The van der Waals surface area contributed by atoms with Crippen molar-refractivity contribution in [3.05, 3.63) is 0 Å². The van der Waals surface area contributed by atoms with Crippen LogP contribution in [0.2, 0.25) is 0 Å². The lowest BCUT2D eigenvalue weighted by atomic mass is 10.3. The van der Waals surface area contributed by atoms with Gasteiger partial charge in [-0.1, -0.05) is 0 Å². The van der Waals surface area contributed by atoms with Gasteiger partial charge in [0.25, 0.3) is 0 Å². The van der Waals surface area contributed by atoms with Gasteiger partial charge in [0.15, 0.2) is 0 Å². The molecule has 0 aromatic carbocycles. The first-order chi connectivity index (χ1) is 5.59. The van der Waals surface area contributed by atoms with Crippen LogP contribution in [0.5, 0.6) is 0 Å². The van der Waals surface area contributed by atoms with E-state index >= 15 is 0 Å². The maximum Gasteiger partial charge on any atom is 0.112 e. The van der Waals surface area contributed by atoms with Gasteiger partial charge in [-0.25, -0.2) is 0 Å². The fraction of sp³-hybridized carbons (Fsp3) is 1.00.